The number of benzene rings is 2. The Kier molecular flexibility index (Phi) is 9.18. The maximum Gasteiger partial charge on any atom is 0.193 e. The minimum absolute atomic E-state index is 0.162. The van der Waals surface area contributed by atoms with E-state index in [1.54, 1.807) is 0 Å². The lowest BCUT2D eigenvalue weighted by atomic mass is 10.1. The van der Waals surface area contributed by atoms with Crippen LogP contribution in [0.5, 0.6) is 5.75 Å². The number of likely N-dealkylation sites (tertiary alicyclic amines) is 1. The van der Waals surface area contributed by atoms with Crippen molar-refractivity contribution in [2.75, 3.05) is 31.6 Å². The fraction of sp³-hybridized carbons (Fsp3) is 0.480. The van der Waals surface area contributed by atoms with E-state index >= 15 is 0 Å². The molecule has 0 aromatic heterocycles. The molecule has 1 fully saturated rings. The summed E-state index contributed by atoms with van der Waals surface area (Å²) in [4.78, 5) is 6.90. The summed E-state index contributed by atoms with van der Waals surface area (Å²) in [7, 11) is 0. The largest absolute Gasteiger partial charge is 0.491 e. The lowest BCUT2D eigenvalue weighted by Crippen LogP contribution is -2.36. The van der Waals surface area contributed by atoms with Crippen LogP contribution in [-0.4, -0.2) is 49.3 Å². The maximum atomic E-state index is 6.06. The molecule has 2 aromatic rings. The van der Waals surface area contributed by atoms with E-state index in [-0.39, 0.29) is 6.10 Å². The van der Waals surface area contributed by atoms with Crippen LogP contribution in [0.3, 0.4) is 0 Å². The molecule has 1 saturated heterocycles. The second-order valence-corrected chi connectivity index (χ2v) is 8.27. The van der Waals surface area contributed by atoms with Crippen LogP contribution in [0.4, 0.5) is 5.69 Å². The van der Waals surface area contributed by atoms with Crippen molar-refractivity contribution in [1.82, 2.24) is 4.90 Å². The summed E-state index contributed by atoms with van der Waals surface area (Å²) < 4.78 is 11.7. The summed E-state index contributed by atoms with van der Waals surface area (Å²) in [5.41, 5.74) is 8.27. The Balaban J connectivity index is 1.27. The Morgan fingerprint density at radius 2 is 1.81 bits per heavy atom. The topological polar surface area (TPSA) is 72.1 Å². The van der Waals surface area contributed by atoms with E-state index in [9.17, 15) is 0 Å². The molecule has 0 radical (unpaired) electrons. The molecule has 168 valence electrons. The van der Waals surface area contributed by atoms with Crippen molar-refractivity contribution in [3.8, 4) is 5.75 Å². The molecule has 1 aliphatic rings. The van der Waals surface area contributed by atoms with Crippen LogP contribution in [-0.2, 0) is 11.3 Å². The van der Waals surface area contributed by atoms with Gasteiger partial charge in [0, 0.05) is 38.5 Å². The lowest BCUT2D eigenvalue weighted by Gasteiger charge is -2.31. The van der Waals surface area contributed by atoms with Crippen molar-refractivity contribution >= 4 is 11.6 Å². The van der Waals surface area contributed by atoms with Gasteiger partial charge in [-0.25, -0.2) is 0 Å². The van der Waals surface area contributed by atoms with E-state index in [0.29, 0.717) is 18.6 Å². The van der Waals surface area contributed by atoms with Crippen molar-refractivity contribution in [3.05, 3.63) is 60.2 Å². The van der Waals surface area contributed by atoms with Crippen molar-refractivity contribution in [1.29, 1.82) is 0 Å². The first-order chi connectivity index (χ1) is 15.1. The van der Waals surface area contributed by atoms with Crippen LogP contribution < -0.4 is 15.8 Å². The number of nitrogens with one attached hydrogen (secondary N) is 1. The average molecular weight is 425 g/mol. The number of hydrogen-bond donors (Lipinski definition) is 2. The fourth-order valence-corrected chi connectivity index (χ4v) is 3.67. The Morgan fingerprint density at radius 1 is 1.10 bits per heavy atom. The zero-order valence-electron chi connectivity index (χ0n) is 18.8. The Bertz CT molecular complexity index is 785. The molecule has 1 heterocycles. The summed E-state index contributed by atoms with van der Waals surface area (Å²) in [6.07, 6.45) is 3.58. The third kappa shape index (κ3) is 8.59. The highest BCUT2D eigenvalue weighted by Crippen LogP contribution is 2.17. The van der Waals surface area contributed by atoms with Gasteiger partial charge in [0.25, 0.3) is 0 Å². The van der Waals surface area contributed by atoms with Gasteiger partial charge in [0.15, 0.2) is 5.96 Å². The summed E-state index contributed by atoms with van der Waals surface area (Å²) in [6, 6.07) is 18.4. The van der Waals surface area contributed by atoms with Crippen molar-refractivity contribution < 1.29 is 9.47 Å². The van der Waals surface area contributed by atoms with Crippen LogP contribution in [0.1, 0.15) is 38.7 Å². The number of anilines is 1. The third-order valence-corrected chi connectivity index (χ3v) is 5.22. The molecule has 3 N–H and O–H groups in total. The number of guanidine groups is 1. The number of nitrogens with two attached hydrogens (primary N) is 1. The van der Waals surface area contributed by atoms with Gasteiger partial charge in [0.1, 0.15) is 5.75 Å². The Hall–Kier alpha value is -2.57. The molecular weight excluding hydrogens is 388 g/mol. The number of ether oxygens (including phenoxy) is 2. The highest BCUT2D eigenvalue weighted by atomic mass is 16.5. The van der Waals surface area contributed by atoms with Crippen molar-refractivity contribution in [2.45, 2.75) is 51.9 Å². The molecule has 0 aliphatic carbocycles. The maximum absolute atomic E-state index is 6.06. The number of aliphatic imine (C=N–C) groups is 1. The lowest BCUT2D eigenvalue weighted by molar-refractivity contribution is 0.00566. The molecular formula is C25H36N4O2. The zero-order chi connectivity index (χ0) is 21.9. The van der Waals surface area contributed by atoms with E-state index in [4.69, 9.17) is 15.2 Å². The molecule has 31 heavy (non-hydrogen) atoms. The SMILES string of the molecule is CC(C)Oc1ccc(NC(N)=NCCCOC2CCN(Cc3ccccc3)CC2)cc1. The molecule has 6 heteroatoms. The first-order valence-corrected chi connectivity index (χ1v) is 11.3. The monoisotopic (exact) mass is 424 g/mol. The molecule has 0 amide bonds. The highest BCUT2D eigenvalue weighted by Gasteiger charge is 2.19. The minimum atomic E-state index is 0.162. The van der Waals surface area contributed by atoms with Crippen LogP contribution in [0, 0.1) is 0 Å². The molecule has 0 atom stereocenters. The summed E-state index contributed by atoms with van der Waals surface area (Å²) in [5, 5.41) is 3.11. The average Bonchev–Trinajstić information content (AvgIpc) is 2.76. The predicted molar refractivity (Wildman–Crippen MR) is 128 cm³/mol. The van der Waals surface area contributed by atoms with E-state index in [1.165, 1.54) is 5.56 Å². The van der Waals surface area contributed by atoms with Gasteiger partial charge >= 0.3 is 0 Å². The standard InChI is InChI=1S/C25H36N4O2/c1-20(2)31-24-11-9-22(10-12-24)28-25(26)27-15-6-18-30-23-13-16-29(17-14-23)19-21-7-4-3-5-8-21/h3-5,7-12,20,23H,6,13-19H2,1-2H3,(H3,26,27,28). The highest BCUT2D eigenvalue weighted by molar-refractivity contribution is 5.92. The molecule has 0 spiro atoms. The number of rotatable bonds is 10. The zero-order valence-corrected chi connectivity index (χ0v) is 18.8. The van der Waals surface area contributed by atoms with E-state index in [0.717, 1.165) is 56.9 Å². The van der Waals surface area contributed by atoms with Gasteiger partial charge in [-0.15, -0.1) is 0 Å². The fourth-order valence-electron chi connectivity index (χ4n) is 3.67. The van der Waals surface area contributed by atoms with Crippen LogP contribution in [0.25, 0.3) is 0 Å². The number of piperidine rings is 1. The molecule has 2 aromatic carbocycles. The molecule has 0 bridgehead atoms. The van der Waals surface area contributed by atoms with Gasteiger partial charge in [0.2, 0.25) is 0 Å². The van der Waals surface area contributed by atoms with Crippen LogP contribution >= 0.6 is 0 Å². The summed E-state index contributed by atoms with van der Waals surface area (Å²) >= 11 is 0. The van der Waals surface area contributed by atoms with Crippen molar-refractivity contribution in [3.63, 3.8) is 0 Å². The smallest absolute Gasteiger partial charge is 0.193 e. The molecule has 1 aliphatic heterocycles. The summed E-state index contributed by atoms with van der Waals surface area (Å²) in [5.74, 6) is 1.27. The van der Waals surface area contributed by atoms with Gasteiger partial charge in [-0.3, -0.25) is 9.89 Å². The van der Waals surface area contributed by atoms with Crippen molar-refractivity contribution in [2.24, 2.45) is 10.7 Å². The van der Waals surface area contributed by atoms with E-state index in [2.05, 4.69) is 45.5 Å². The van der Waals surface area contributed by atoms with Crippen LogP contribution in [0.2, 0.25) is 0 Å². The van der Waals surface area contributed by atoms with E-state index < -0.39 is 0 Å². The minimum Gasteiger partial charge on any atom is -0.491 e. The second kappa shape index (κ2) is 12.3. The van der Waals surface area contributed by atoms with Gasteiger partial charge < -0.3 is 20.5 Å². The third-order valence-electron chi connectivity index (χ3n) is 5.22. The second-order valence-electron chi connectivity index (χ2n) is 8.27. The van der Waals surface area contributed by atoms with Gasteiger partial charge in [0.05, 0.1) is 12.2 Å². The molecule has 0 saturated carbocycles. The number of nitrogens with zero attached hydrogens (tertiary/aromatic N) is 2. The van der Waals surface area contributed by atoms with Crippen LogP contribution in [0.15, 0.2) is 59.6 Å². The van der Waals surface area contributed by atoms with Gasteiger partial charge in [-0.05, 0) is 62.9 Å². The summed E-state index contributed by atoms with van der Waals surface area (Å²) in [6.45, 7) is 8.61. The van der Waals surface area contributed by atoms with Gasteiger partial charge in [-0.1, -0.05) is 30.3 Å². The van der Waals surface area contributed by atoms with E-state index in [1.807, 2.05) is 38.1 Å². The quantitative estimate of drug-likeness (QED) is 0.339. The molecule has 3 rings (SSSR count). The Labute approximate surface area is 186 Å². The normalized spacial score (nSPS) is 15.9. The number of hydrogen-bond acceptors (Lipinski definition) is 4. The predicted octanol–water partition coefficient (Wildman–Crippen LogP) is 4.27. The first-order valence-electron chi connectivity index (χ1n) is 11.3. The molecule has 6 nitrogen and oxygen atoms in total. The first kappa shape index (κ1) is 23.1. The Morgan fingerprint density at radius 3 is 2.48 bits per heavy atom. The molecule has 0 unspecified atom stereocenters. The van der Waals surface area contributed by atoms with Gasteiger partial charge in [-0.2, -0.15) is 0 Å².